The summed E-state index contributed by atoms with van der Waals surface area (Å²) >= 11 is 7.21. The molecule has 0 fully saturated rings. The summed E-state index contributed by atoms with van der Waals surface area (Å²) in [5.41, 5.74) is 0. The molecule has 0 unspecified atom stereocenters. The van der Waals surface area contributed by atoms with Gasteiger partial charge in [-0.2, -0.15) is 0 Å². The largest absolute Gasteiger partial charge is 0.469 e. The quantitative estimate of drug-likeness (QED) is 0.598. The molecule has 0 aliphatic rings. The van der Waals surface area contributed by atoms with Gasteiger partial charge in [-0.3, -0.25) is 9.59 Å². The second-order valence-electron chi connectivity index (χ2n) is 4.14. The smallest absolute Gasteiger partial charge is 0.328 e. The van der Waals surface area contributed by atoms with Gasteiger partial charge in [0.1, 0.15) is 6.04 Å². The number of hydrogen-bond donors (Lipinski definition) is 1. The highest BCUT2D eigenvalue weighted by Gasteiger charge is 2.25. The van der Waals surface area contributed by atoms with E-state index in [1.54, 1.807) is 24.3 Å². The zero-order chi connectivity index (χ0) is 16.5. The van der Waals surface area contributed by atoms with Gasteiger partial charge >= 0.3 is 11.9 Å². The molecule has 0 aliphatic heterocycles. The van der Waals surface area contributed by atoms with Crippen LogP contribution >= 0.6 is 23.4 Å². The molecule has 0 radical (unpaired) electrons. The lowest BCUT2D eigenvalue weighted by atomic mass is 10.2. The average Bonchev–Trinajstić information content (AvgIpc) is 2.52. The van der Waals surface area contributed by atoms with Crippen molar-refractivity contribution in [1.29, 1.82) is 0 Å². The molecule has 0 aromatic heterocycles. The highest BCUT2D eigenvalue weighted by molar-refractivity contribution is 8.00. The molecule has 1 aromatic carbocycles. The van der Waals surface area contributed by atoms with E-state index in [-0.39, 0.29) is 12.2 Å². The summed E-state index contributed by atoms with van der Waals surface area (Å²) in [6.07, 6.45) is -0.286. The van der Waals surface area contributed by atoms with E-state index in [1.807, 2.05) is 0 Å². The molecule has 1 N–H and O–H groups in total. The van der Waals surface area contributed by atoms with Crippen LogP contribution in [0, 0.1) is 0 Å². The van der Waals surface area contributed by atoms with E-state index < -0.39 is 23.9 Å². The average molecular weight is 346 g/mol. The Bertz CT molecular complexity index is 552. The zero-order valence-corrected chi connectivity index (χ0v) is 13.7. The highest BCUT2D eigenvalue weighted by atomic mass is 35.5. The minimum Gasteiger partial charge on any atom is -0.469 e. The molecule has 0 bridgehead atoms. The van der Waals surface area contributed by atoms with Gasteiger partial charge < -0.3 is 14.8 Å². The summed E-state index contributed by atoms with van der Waals surface area (Å²) in [7, 11) is 2.38. The van der Waals surface area contributed by atoms with E-state index in [9.17, 15) is 14.4 Å². The van der Waals surface area contributed by atoms with Gasteiger partial charge in [0.05, 0.1) is 31.4 Å². The third-order valence-corrected chi connectivity index (χ3v) is 4.13. The second kappa shape index (κ2) is 9.32. The Labute approximate surface area is 137 Å². The van der Waals surface area contributed by atoms with Crippen molar-refractivity contribution in [3.05, 3.63) is 29.3 Å². The first kappa shape index (κ1) is 18.3. The third-order valence-electron chi connectivity index (χ3n) is 2.61. The molecule has 0 aliphatic carbocycles. The number of thioether (sulfide) groups is 1. The third kappa shape index (κ3) is 5.95. The summed E-state index contributed by atoms with van der Waals surface area (Å²) < 4.78 is 9.03. The van der Waals surface area contributed by atoms with Crippen LogP contribution in [-0.2, 0) is 23.9 Å². The number of nitrogens with one attached hydrogen (secondary N) is 1. The number of hydrogen-bond acceptors (Lipinski definition) is 6. The van der Waals surface area contributed by atoms with Crippen LogP contribution in [0.1, 0.15) is 6.42 Å². The Kier molecular flexibility index (Phi) is 7.76. The number of methoxy groups -OCH3 is 2. The van der Waals surface area contributed by atoms with E-state index in [0.29, 0.717) is 5.02 Å². The van der Waals surface area contributed by atoms with Gasteiger partial charge in [0.15, 0.2) is 0 Å². The number of halogens is 1. The van der Waals surface area contributed by atoms with Crippen LogP contribution in [0.25, 0.3) is 0 Å². The normalized spacial score (nSPS) is 11.4. The molecule has 0 heterocycles. The maximum atomic E-state index is 11.9. The van der Waals surface area contributed by atoms with Crippen molar-refractivity contribution in [3.63, 3.8) is 0 Å². The van der Waals surface area contributed by atoms with Crippen molar-refractivity contribution in [2.45, 2.75) is 17.4 Å². The van der Waals surface area contributed by atoms with Crippen molar-refractivity contribution in [1.82, 2.24) is 5.32 Å². The predicted octanol–water partition coefficient (Wildman–Crippen LogP) is 1.65. The number of rotatable bonds is 7. The number of amides is 1. The Morgan fingerprint density at radius 3 is 2.50 bits per heavy atom. The Morgan fingerprint density at radius 1 is 1.23 bits per heavy atom. The monoisotopic (exact) mass is 345 g/mol. The van der Waals surface area contributed by atoms with Gasteiger partial charge in [-0.15, -0.1) is 11.8 Å². The summed E-state index contributed by atoms with van der Waals surface area (Å²) in [5, 5.41) is 2.99. The highest BCUT2D eigenvalue weighted by Crippen LogP contribution is 2.26. The fourth-order valence-electron chi connectivity index (χ4n) is 1.53. The van der Waals surface area contributed by atoms with Crippen LogP contribution in [0.2, 0.25) is 5.02 Å². The van der Waals surface area contributed by atoms with Gasteiger partial charge in [-0.1, -0.05) is 23.7 Å². The van der Waals surface area contributed by atoms with Crippen LogP contribution in [0.5, 0.6) is 0 Å². The van der Waals surface area contributed by atoms with Gasteiger partial charge in [-0.05, 0) is 12.1 Å². The first-order chi connectivity index (χ1) is 10.5. The maximum absolute atomic E-state index is 11.9. The van der Waals surface area contributed by atoms with E-state index >= 15 is 0 Å². The van der Waals surface area contributed by atoms with E-state index in [0.717, 1.165) is 4.90 Å². The lowest BCUT2D eigenvalue weighted by Crippen LogP contribution is -2.43. The lowest BCUT2D eigenvalue weighted by Gasteiger charge is -2.15. The molecule has 6 nitrogen and oxygen atoms in total. The molecule has 1 amide bonds. The first-order valence-electron chi connectivity index (χ1n) is 6.29. The summed E-state index contributed by atoms with van der Waals surface area (Å²) in [4.78, 5) is 35.4. The number of benzene rings is 1. The van der Waals surface area contributed by atoms with Crippen LogP contribution in [0.3, 0.4) is 0 Å². The number of carbonyl (C=O) groups is 3. The summed E-state index contributed by atoms with van der Waals surface area (Å²) in [5.74, 6) is -1.68. The van der Waals surface area contributed by atoms with Gasteiger partial charge in [0.25, 0.3) is 0 Å². The molecule has 22 heavy (non-hydrogen) atoms. The molecule has 0 spiro atoms. The van der Waals surface area contributed by atoms with Crippen LogP contribution in [0.15, 0.2) is 29.2 Å². The molecular weight excluding hydrogens is 330 g/mol. The van der Waals surface area contributed by atoms with Gasteiger partial charge in [-0.25, -0.2) is 4.79 Å². The molecule has 0 saturated carbocycles. The number of carbonyl (C=O) groups excluding carboxylic acids is 3. The van der Waals surface area contributed by atoms with Crippen molar-refractivity contribution in [2.24, 2.45) is 0 Å². The Hall–Kier alpha value is -1.73. The SMILES string of the molecule is COC(=O)C[C@H](NC(=O)CSc1ccccc1Cl)C(=O)OC. The Balaban J connectivity index is 2.57. The fourth-order valence-corrected chi connectivity index (χ4v) is 2.58. The minimum absolute atomic E-state index is 0.0540. The van der Waals surface area contributed by atoms with Gasteiger partial charge in [0, 0.05) is 4.90 Å². The maximum Gasteiger partial charge on any atom is 0.328 e. The molecule has 0 saturated heterocycles. The first-order valence-corrected chi connectivity index (χ1v) is 7.65. The molecule has 1 atom stereocenters. The van der Waals surface area contributed by atoms with E-state index in [2.05, 4.69) is 14.8 Å². The molecular formula is C14H16ClNO5S. The lowest BCUT2D eigenvalue weighted by molar-refractivity contribution is -0.150. The summed E-state index contributed by atoms with van der Waals surface area (Å²) in [6, 6.07) is 6.02. The van der Waals surface area contributed by atoms with Gasteiger partial charge in [0.2, 0.25) is 5.91 Å². The zero-order valence-electron chi connectivity index (χ0n) is 12.1. The second-order valence-corrected chi connectivity index (χ2v) is 5.57. The molecule has 1 aromatic rings. The van der Waals surface area contributed by atoms with Crippen molar-refractivity contribution >= 4 is 41.2 Å². The predicted molar refractivity (Wildman–Crippen MR) is 82.8 cm³/mol. The number of ether oxygens (including phenoxy) is 2. The van der Waals surface area contributed by atoms with Crippen molar-refractivity contribution in [3.8, 4) is 0 Å². The van der Waals surface area contributed by atoms with Crippen LogP contribution in [-0.4, -0.2) is 43.9 Å². The molecule has 120 valence electrons. The topological polar surface area (TPSA) is 81.7 Å². The van der Waals surface area contributed by atoms with Crippen LogP contribution in [0.4, 0.5) is 0 Å². The van der Waals surface area contributed by atoms with Crippen molar-refractivity contribution in [2.75, 3.05) is 20.0 Å². The minimum atomic E-state index is -1.07. The van der Waals surface area contributed by atoms with E-state index in [1.165, 1.54) is 26.0 Å². The van der Waals surface area contributed by atoms with Crippen LogP contribution < -0.4 is 5.32 Å². The fraction of sp³-hybridized carbons (Fsp3) is 0.357. The molecule has 1 rings (SSSR count). The number of esters is 2. The van der Waals surface area contributed by atoms with E-state index in [4.69, 9.17) is 11.6 Å². The molecule has 8 heteroatoms. The van der Waals surface area contributed by atoms with Crippen molar-refractivity contribution < 1.29 is 23.9 Å². The Morgan fingerprint density at radius 2 is 1.91 bits per heavy atom. The summed E-state index contributed by atoms with van der Waals surface area (Å²) in [6.45, 7) is 0. The standard InChI is InChI=1S/C14H16ClNO5S/c1-20-13(18)7-10(14(19)21-2)16-12(17)8-22-11-6-4-3-5-9(11)15/h3-6,10H,7-8H2,1-2H3,(H,16,17)/t10-/m0/s1.